The number of amides is 1. The lowest BCUT2D eigenvalue weighted by Gasteiger charge is -2.32. The van der Waals surface area contributed by atoms with Gasteiger partial charge >= 0.3 is 0 Å². The Morgan fingerprint density at radius 2 is 1.72 bits per heavy atom. The summed E-state index contributed by atoms with van der Waals surface area (Å²) < 4.78 is 42.0. The molecular formula is C28H24F3N3O2. The predicted molar refractivity (Wildman–Crippen MR) is 127 cm³/mol. The zero-order valence-electron chi connectivity index (χ0n) is 19.5. The summed E-state index contributed by atoms with van der Waals surface area (Å²) in [4.78, 5) is 31.1. The normalized spacial score (nSPS) is 18.6. The molecule has 0 bridgehead atoms. The summed E-state index contributed by atoms with van der Waals surface area (Å²) in [6.45, 7) is -0.874. The quantitative estimate of drug-likeness (QED) is 0.403. The van der Waals surface area contributed by atoms with E-state index in [1.54, 1.807) is 54.7 Å². The van der Waals surface area contributed by atoms with Crippen LogP contribution in [0.3, 0.4) is 0 Å². The van der Waals surface area contributed by atoms with Gasteiger partial charge in [-0.25, -0.2) is 13.2 Å². The first-order chi connectivity index (χ1) is 17.2. The van der Waals surface area contributed by atoms with E-state index < -0.39 is 30.3 Å². The van der Waals surface area contributed by atoms with Gasteiger partial charge in [-0.05, 0) is 47.7 Å². The highest BCUT2D eigenvalue weighted by atomic mass is 19.3. The fourth-order valence-corrected chi connectivity index (χ4v) is 4.65. The smallest absolute Gasteiger partial charge is 0.269 e. The van der Waals surface area contributed by atoms with Crippen molar-refractivity contribution in [2.75, 3.05) is 6.54 Å². The molecule has 1 saturated heterocycles. The molecule has 1 fully saturated rings. The van der Waals surface area contributed by atoms with Gasteiger partial charge in [0.05, 0.1) is 19.0 Å². The minimum absolute atomic E-state index is 0.190. The molecule has 0 radical (unpaired) electrons. The van der Waals surface area contributed by atoms with E-state index in [1.807, 2.05) is 6.07 Å². The number of carbonyl (C=O) groups excluding carboxylic acids is 2. The summed E-state index contributed by atoms with van der Waals surface area (Å²) in [5.74, 6) is -4.53. The summed E-state index contributed by atoms with van der Waals surface area (Å²) in [5.41, 5.74) is 0.519. The van der Waals surface area contributed by atoms with E-state index in [1.165, 1.54) is 18.3 Å². The summed E-state index contributed by atoms with van der Waals surface area (Å²) in [6, 6.07) is 17.7. The van der Waals surface area contributed by atoms with Crippen LogP contribution in [0, 0.1) is 17.1 Å². The molecule has 0 spiro atoms. The van der Waals surface area contributed by atoms with Crippen molar-refractivity contribution in [1.29, 1.82) is 5.26 Å². The topological polar surface area (TPSA) is 74.1 Å². The zero-order chi connectivity index (χ0) is 25.8. The number of carbonyl (C=O) groups is 2. The van der Waals surface area contributed by atoms with Gasteiger partial charge in [0, 0.05) is 30.8 Å². The maximum atomic E-state index is 14.4. The third-order valence-electron chi connectivity index (χ3n) is 6.47. The van der Waals surface area contributed by atoms with Crippen LogP contribution in [0.15, 0.2) is 73.1 Å². The lowest BCUT2D eigenvalue weighted by atomic mass is 9.87. The number of benzene rings is 2. The number of aryl methyl sites for hydroxylation is 2. The molecule has 3 aromatic rings. The Morgan fingerprint density at radius 1 is 1.00 bits per heavy atom. The van der Waals surface area contributed by atoms with Gasteiger partial charge in [0.15, 0.2) is 11.3 Å². The Hall–Kier alpha value is -3.99. The standard InChI is InChI=1S/C28H24F3N3O2/c29-23-10-7-20(8-11-23)6-9-21-16-33-15-14-24(21)25(35)12-13-26(36)34-19-28(30,31)17-27(34,18-32)22-4-2-1-3-5-22/h1-5,7-8,10-11,14-16H,6,9,12-13,17,19H2/t27-/m0/s1. The van der Waals surface area contributed by atoms with Gasteiger partial charge in [-0.1, -0.05) is 42.5 Å². The van der Waals surface area contributed by atoms with Crippen molar-refractivity contribution < 1.29 is 22.8 Å². The van der Waals surface area contributed by atoms with Crippen LogP contribution >= 0.6 is 0 Å². The maximum absolute atomic E-state index is 14.4. The molecule has 184 valence electrons. The minimum atomic E-state index is -3.22. The van der Waals surface area contributed by atoms with Crippen LogP contribution in [0.4, 0.5) is 13.2 Å². The van der Waals surface area contributed by atoms with Gasteiger partial charge in [0.25, 0.3) is 5.92 Å². The molecule has 1 aliphatic heterocycles. The molecule has 2 aromatic carbocycles. The molecule has 4 rings (SSSR count). The SMILES string of the molecule is N#C[C@]1(c2ccccc2)CC(F)(F)CN1C(=O)CCC(=O)c1ccncc1CCc1ccc(F)cc1. The second-order valence-electron chi connectivity index (χ2n) is 8.93. The molecule has 8 heteroatoms. The van der Waals surface area contributed by atoms with Crippen LogP contribution in [0.1, 0.15) is 46.3 Å². The Labute approximate surface area is 207 Å². The number of hydrogen-bond acceptors (Lipinski definition) is 4. The third-order valence-corrected chi connectivity index (χ3v) is 6.47. The molecule has 1 aromatic heterocycles. The molecule has 1 atom stereocenters. The van der Waals surface area contributed by atoms with E-state index >= 15 is 0 Å². The van der Waals surface area contributed by atoms with Gasteiger partial charge in [-0.15, -0.1) is 0 Å². The number of halogens is 3. The average Bonchev–Trinajstić information content (AvgIpc) is 3.19. The van der Waals surface area contributed by atoms with Crippen molar-refractivity contribution in [2.45, 2.75) is 43.6 Å². The first-order valence-corrected chi connectivity index (χ1v) is 11.6. The Bertz CT molecular complexity index is 1290. The number of hydrogen-bond donors (Lipinski definition) is 0. The van der Waals surface area contributed by atoms with Crippen LogP contribution in [0.2, 0.25) is 0 Å². The zero-order valence-corrected chi connectivity index (χ0v) is 19.5. The van der Waals surface area contributed by atoms with Gasteiger partial charge in [0.2, 0.25) is 5.91 Å². The van der Waals surface area contributed by atoms with E-state index in [0.29, 0.717) is 29.5 Å². The second kappa shape index (κ2) is 10.3. The number of alkyl halides is 2. The molecule has 0 aliphatic carbocycles. The fourth-order valence-electron chi connectivity index (χ4n) is 4.65. The van der Waals surface area contributed by atoms with E-state index in [-0.39, 0.29) is 24.4 Å². The fraction of sp³-hybridized carbons (Fsp3) is 0.286. The molecule has 2 heterocycles. The molecular weight excluding hydrogens is 467 g/mol. The van der Waals surface area contributed by atoms with Crippen LogP contribution in [0.25, 0.3) is 0 Å². The van der Waals surface area contributed by atoms with Gasteiger partial charge in [-0.2, -0.15) is 5.26 Å². The number of ketones is 1. The third kappa shape index (κ3) is 5.30. The highest BCUT2D eigenvalue weighted by Gasteiger charge is 2.57. The lowest BCUT2D eigenvalue weighted by molar-refractivity contribution is -0.135. The van der Waals surface area contributed by atoms with Crippen molar-refractivity contribution in [1.82, 2.24) is 9.88 Å². The number of pyridine rings is 1. The second-order valence-corrected chi connectivity index (χ2v) is 8.93. The Kier molecular flexibility index (Phi) is 7.20. The number of nitriles is 1. The van der Waals surface area contributed by atoms with Crippen molar-refractivity contribution in [3.8, 4) is 6.07 Å². The summed E-state index contributed by atoms with van der Waals surface area (Å²) >= 11 is 0. The molecule has 0 N–H and O–H groups in total. The van der Waals surface area contributed by atoms with Gasteiger partial charge < -0.3 is 4.90 Å². The highest BCUT2D eigenvalue weighted by Crippen LogP contribution is 2.46. The summed E-state index contributed by atoms with van der Waals surface area (Å²) in [7, 11) is 0. The monoisotopic (exact) mass is 491 g/mol. The van der Waals surface area contributed by atoms with Crippen molar-refractivity contribution in [2.24, 2.45) is 0 Å². The number of likely N-dealkylation sites (tertiary alicyclic amines) is 1. The lowest BCUT2D eigenvalue weighted by Crippen LogP contribution is -2.44. The predicted octanol–water partition coefficient (Wildman–Crippen LogP) is 5.26. The largest absolute Gasteiger partial charge is 0.314 e. The van der Waals surface area contributed by atoms with E-state index in [2.05, 4.69) is 4.98 Å². The molecule has 0 unspecified atom stereocenters. The van der Waals surface area contributed by atoms with Gasteiger partial charge in [0.1, 0.15) is 5.82 Å². The van der Waals surface area contributed by atoms with Crippen LogP contribution in [-0.4, -0.2) is 34.0 Å². The van der Waals surface area contributed by atoms with Crippen LogP contribution < -0.4 is 0 Å². The molecule has 0 saturated carbocycles. The Balaban J connectivity index is 1.47. The average molecular weight is 492 g/mol. The summed E-state index contributed by atoms with van der Waals surface area (Å²) in [5, 5.41) is 9.91. The number of rotatable bonds is 8. The van der Waals surface area contributed by atoms with E-state index in [9.17, 15) is 28.0 Å². The van der Waals surface area contributed by atoms with Crippen molar-refractivity contribution in [3.63, 3.8) is 0 Å². The molecule has 1 amide bonds. The number of Topliss-reactive ketones (excluding diaryl/α,β-unsaturated/α-hetero) is 1. The van der Waals surface area contributed by atoms with E-state index in [4.69, 9.17) is 0 Å². The highest BCUT2D eigenvalue weighted by molar-refractivity contribution is 5.99. The maximum Gasteiger partial charge on any atom is 0.269 e. The number of nitrogens with zero attached hydrogens (tertiary/aromatic N) is 3. The van der Waals surface area contributed by atoms with Gasteiger partial charge in [-0.3, -0.25) is 14.6 Å². The molecule has 1 aliphatic rings. The van der Waals surface area contributed by atoms with E-state index in [0.717, 1.165) is 10.5 Å². The Morgan fingerprint density at radius 3 is 2.42 bits per heavy atom. The molecule has 36 heavy (non-hydrogen) atoms. The van der Waals surface area contributed by atoms with Crippen LogP contribution in [0.5, 0.6) is 0 Å². The first kappa shape index (κ1) is 25.1. The number of aromatic nitrogens is 1. The van der Waals surface area contributed by atoms with Crippen molar-refractivity contribution >= 4 is 11.7 Å². The van der Waals surface area contributed by atoms with Crippen molar-refractivity contribution in [3.05, 3.63) is 101 Å². The minimum Gasteiger partial charge on any atom is -0.314 e. The molecule has 5 nitrogen and oxygen atoms in total. The first-order valence-electron chi connectivity index (χ1n) is 11.6. The van der Waals surface area contributed by atoms with Crippen LogP contribution in [-0.2, 0) is 23.2 Å². The summed E-state index contributed by atoms with van der Waals surface area (Å²) in [6.07, 6.45) is 2.82.